The van der Waals surface area contributed by atoms with Crippen LogP contribution in [0.25, 0.3) is 0 Å². The van der Waals surface area contributed by atoms with Crippen LogP contribution in [0.4, 0.5) is 0 Å². The van der Waals surface area contributed by atoms with Crippen LogP contribution in [0.5, 0.6) is 0 Å². The van der Waals surface area contributed by atoms with Crippen molar-refractivity contribution in [3.63, 3.8) is 0 Å². The summed E-state index contributed by atoms with van der Waals surface area (Å²) in [6, 6.07) is 0. The number of hydrogen-bond donors (Lipinski definition) is 0. The number of quaternary nitrogens is 1. The van der Waals surface area contributed by atoms with Gasteiger partial charge in [0, 0.05) is 0 Å². The number of rotatable bonds is 4. The molecule has 0 bridgehead atoms. The molecule has 0 atom stereocenters. The summed E-state index contributed by atoms with van der Waals surface area (Å²) in [4.78, 5) is 0. The van der Waals surface area contributed by atoms with Gasteiger partial charge in [0.1, 0.15) is 13.2 Å². The van der Waals surface area contributed by atoms with Gasteiger partial charge in [-0.25, -0.2) is 4.43 Å². The minimum absolute atomic E-state index is 0.467. The van der Waals surface area contributed by atoms with E-state index in [0.29, 0.717) is 0 Å². The standard InChI is InChI=1S/C7H19NOSi/c1-8(2,3)6-7-9-10(4)5/h6-7H2,1-5H3/q+2. The van der Waals surface area contributed by atoms with E-state index >= 15 is 0 Å². The summed E-state index contributed by atoms with van der Waals surface area (Å²) >= 11 is 0. The predicted molar refractivity (Wildman–Crippen MR) is 46.3 cm³/mol. The van der Waals surface area contributed by atoms with Crippen molar-refractivity contribution in [2.45, 2.75) is 13.1 Å². The number of hydrogen-bond acceptors (Lipinski definition) is 1. The van der Waals surface area contributed by atoms with E-state index in [1.165, 1.54) is 0 Å². The molecule has 0 saturated heterocycles. The predicted octanol–water partition coefficient (Wildman–Crippen LogP) is 0.960. The Labute approximate surface area is 66.1 Å². The SMILES string of the molecule is C[Si+](C)OCC[N+](C)(C)C. The van der Waals surface area contributed by atoms with Gasteiger partial charge < -0.3 is 4.48 Å². The molecule has 0 amide bonds. The molecule has 0 unspecified atom stereocenters. The van der Waals surface area contributed by atoms with Gasteiger partial charge in [-0.1, -0.05) is 0 Å². The molecule has 0 rings (SSSR count). The maximum atomic E-state index is 5.50. The quantitative estimate of drug-likeness (QED) is 0.441. The average molecular weight is 161 g/mol. The Bertz CT molecular complexity index is 88.1. The molecule has 0 radical (unpaired) electrons. The Balaban J connectivity index is 3.21. The van der Waals surface area contributed by atoms with Crippen LogP contribution in [-0.2, 0) is 4.43 Å². The molecule has 0 aromatic carbocycles. The molecule has 0 aromatic heterocycles. The summed E-state index contributed by atoms with van der Waals surface area (Å²) in [5.74, 6) is 0. The molecular formula is C7H19NOSi+2. The van der Waals surface area contributed by atoms with Crippen molar-refractivity contribution in [3.05, 3.63) is 0 Å². The van der Waals surface area contributed by atoms with Gasteiger partial charge in [-0.3, -0.25) is 0 Å². The smallest absolute Gasteiger partial charge is 0.329 e. The largest absolute Gasteiger partial charge is 0.466 e. The van der Waals surface area contributed by atoms with E-state index in [0.717, 1.165) is 17.6 Å². The van der Waals surface area contributed by atoms with Crippen molar-refractivity contribution in [2.24, 2.45) is 0 Å². The fourth-order valence-corrected chi connectivity index (χ4v) is 1.02. The first-order valence-electron chi connectivity index (χ1n) is 3.65. The first kappa shape index (κ1) is 10.1. The molecule has 60 valence electrons. The Kier molecular flexibility index (Phi) is 4.16. The second kappa shape index (κ2) is 4.11. The summed E-state index contributed by atoms with van der Waals surface area (Å²) in [7, 11) is 6.08. The summed E-state index contributed by atoms with van der Waals surface area (Å²) < 4.78 is 6.50. The molecule has 0 heterocycles. The Hall–Kier alpha value is 0.137. The third-order valence-corrected chi connectivity index (χ3v) is 1.93. The minimum Gasteiger partial charge on any atom is -0.329 e. The highest BCUT2D eigenvalue weighted by Gasteiger charge is 2.15. The monoisotopic (exact) mass is 161 g/mol. The molecule has 3 heteroatoms. The van der Waals surface area contributed by atoms with Crippen molar-refractivity contribution < 1.29 is 8.91 Å². The maximum absolute atomic E-state index is 5.50. The number of nitrogens with zero attached hydrogens (tertiary/aromatic N) is 1. The van der Waals surface area contributed by atoms with Gasteiger partial charge in [-0.15, -0.1) is 0 Å². The first-order valence-corrected chi connectivity index (χ1v) is 6.06. The maximum Gasteiger partial charge on any atom is 0.466 e. The van der Waals surface area contributed by atoms with E-state index < -0.39 is 9.04 Å². The molecule has 0 N–H and O–H groups in total. The lowest BCUT2D eigenvalue weighted by molar-refractivity contribution is -0.870. The summed E-state index contributed by atoms with van der Waals surface area (Å²) in [6.45, 7) is 6.35. The van der Waals surface area contributed by atoms with E-state index in [1.807, 2.05) is 0 Å². The topological polar surface area (TPSA) is 9.23 Å². The molecule has 0 saturated carbocycles. The Morgan fingerprint density at radius 2 is 1.70 bits per heavy atom. The molecule has 0 fully saturated rings. The van der Waals surface area contributed by atoms with Crippen molar-refractivity contribution in [3.8, 4) is 0 Å². The lowest BCUT2D eigenvalue weighted by Gasteiger charge is -2.22. The molecule has 10 heavy (non-hydrogen) atoms. The fourth-order valence-electron chi connectivity index (χ4n) is 0.524. The van der Waals surface area contributed by atoms with Gasteiger partial charge in [-0.2, -0.15) is 0 Å². The highest BCUT2D eigenvalue weighted by molar-refractivity contribution is 6.48. The fraction of sp³-hybridized carbons (Fsp3) is 1.00. The van der Waals surface area contributed by atoms with Crippen molar-refractivity contribution in [1.29, 1.82) is 0 Å². The van der Waals surface area contributed by atoms with E-state index in [1.54, 1.807) is 0 Å². The molecule has 0 aliphatic rings. The van der Waals surface area contributed by atoms with Crippen LogP contribution < -0.4 is 0 Å². The lowest BCUT2D eigenvalue weighted by Crippen LogP contribution is -2.38. The molecular weight excluding hydrogens is 142 g/mol. The summed E-state index contributed by atoms with van der Waals surface area (Å²) in [5.41, 5.74) is 0. The summed E-state index contributed by atoms with van der Waals surface area (Å²) in [6.07, 6.45) is 0. The van der Waals surface area contributed by atoms with E-state index in [4.69, 9.17) is 4.43 Å². The van der Waals surface area contributed by atoms with Gasteiger partial charge in [0.2, 0.25) is 0 Å². The van der Waals surface area contributed by atoms with E-state index in [9.17, 15) is 0 Å². The van der Waals surface area contributed by atoms with Gasteiger partial charge in [0.25, 0.3) is 0 Å². The minimum atomic E-state index is -0.467. The normalized spacial score (nSPS) is 11.7. The third kappa shape index (κ3) is 8.14. The molecule has 0 aliphatic carbocycles. The molecule has 0 spiro atoms. The van der Waals surface area contributed by atoms with Crippen LogP contribution in [-0.4, -0.2) is 47.8 Å². The van der Waals surface area contributed by atoms with Crippen molar-refractivity contribution in [2.75, 3.05) is 34.3 Å². The molecule has 0 aliphatic heterocycles. The van der Waals surface area contributed by atoms with Gasteiger partial charge in [-0.05, 0) is 0 Å². The summed E-state index contributed by atoms with van der Waals surface area (Å²) in [5, 5.41) is 0. The Morgan fingerprint density at radius 1 is 1.20 bits per heavy atom. The molecule has 0 aromatic rings. The molecule has 2 nitrogen and oxygen atoms in total. The van der Waals surface area contributed by atoms with Crippen LogP contribution in [0.3, 0.4) is 0 Å². The zero-order chi connectivity index (χ0) is 8.20. The second-order valence-electron chi connectivity index (χ2n) is 3.77. The van der Waals surface area contributed by atoms with Crippen LogP contribution in [0.15, 0.2) is 0 Å². The average Bonchev–Trinajstić information content (AvgIpc) is 1.59. The van der Waals surface area contributed by atoms with Gasteiger partial charge in [0.05, 0.1) is 34.2 Å². The van der Waals surface area contributed by atoms with Crippen molar-refractivity contribution in [1.82, 2.24) is 0 Å². The third-order valence-electron chi connectivity index (χ3n) is 1.15. The lowest BCUT2D eigenvalue weighted by atomic mass is 10.5. The number of likely N-dealkylation sites (N-methyl/N-ethyl adjacent to an activating group) is 1. The first-order chi connectivity index (χ1) is 4.42. The highest BCUT2D eigenvalue weighted by atomic mass is 28.3. The van der Waals surface area contributed by atoms with Crippen LogP contribution in [0, 0.1) is 0 Å². The van der Waals surface area contributed by atoms with E-state index in [2.05, 4.69) is 34.2 Å². The zero-order valence-electron chi connectivity index (χ0n) is 7.77. The van der Waals surface area contributed by atoms with Gasteiger partial charge in [0.15, 0.2) is 0 Å². The van der Waals surface area contributed by atoms with Gasteiger partial charge >= 0.3 is 9.04 Å². The zero-order valence-corrected chi connectivity index (χ0v) is 8.77. The van der Waals surface area contributed by atoms with Crippen LogP contribution in [0.2, 0.25) is 13.1 Å². The Morgan fingerprint density at radius 3 is 2.00 bits per heavy atom. The van der Waals surface area contributed by atoms with Crippen LogP contribution >= 0.6 is 0 Å². The van der Waals surface area contributed by atoms with E-state index in [-0.39, 0.29) is 0 Å². The second-order valence-corrected chi connectivity index (χ2v) is 5.88. The highest BCUT2D eigenvalue weighted by Crippen LogP contribution is 1.90. The van der Waals surface area contributed by atoms with Crippen LogP contribution in [0.1, 0.15) is 0 Å². The van der Waals surface area contributed by atoms with Crippen molar-refractivity contribution >= 4 is 9.04 Å².